The first-order valence-electron chi connectivity index (χ1n) is 5.82. The lowest BCUT2D eigenvalue weighted by Crippen LogP contribution is -2.33. The van der Waals surface area contributed by atoms with E-state index in [1.54, 1.807) is 0 Å². The van der Waals surface area contributed by atoms with Crippen LogP contribution in [0.25, 0.3) is 0 Å². The van der Waals surface area contributed by atoms with Crippen molar-refractivity contribution in [1.29, 1.82) is 0 Å². The van der Waals surface area contributed by atoms with Crippen LogP contribution < -0.4 is 0 Å². The predicted molar refractivity (Wildman–Crippen MR) is 66.7 cm³/mol. The summed E-state index contributed by atoms with van der Waals surface area (Å²) in [5, 5.41) is 8.74. The van der Waals surface area contributed by atoms with Gasteiger partial charge in [-0.3, -0.25) is 9.69 Å². The molecule has 0 atom stereocenters. The number of likely N-dealkylation sites (tertiary alicyclic amines) is 1. The molecule has 1 N–H and O–H groups in total. The first-order valence-corrected chi connectivity index (χ1v) is 6.61. The van der Waals surface area contributed by atoms with Crippen molar-refractivity contribution < 1.29 is 14.3 Å². The van der Waals surface area contributed by atoms with E-state index in [1.165, 1.54) is 0 Å². The van der Waals surface area contributed by atoms with Gasteiger partial charge >= 0.3 is 5.97 Å². The second-order valence-electron chi connectivity index (χ2n) is 4.52. The molecule has 1 fully saturated rings. The Labute approximate surface area is 109 Å². The Hall–Kier alpha value is -0.810. The number of nitrogens with zero attached hydrogens (tertiary/aromatic N) is 1. The molecule has 0 bridgehead atoms. The van der Waals surface area contributed by atoms with Crippen LogP contribution in [-0.4, -0.2) is 29.1 Å². The van der Waals surface area contributed by atoms with Crippen molar-refractivity contribution in [2.75, 3.05) is 13.1 Å². The molecular formula is C12H16BrNO3. The van der Waals surface area contributed by atoms with E-state index in [1.807, 2.05) is 12.1 Å². The summed E-state index contributed by atoms with van der Waals surface area (Å²) in [4.78, 5) is 12.9. The van der Waals surface area contributed by atoms with Gasteiger partial charge in [-0.1, -0.05) is 0 Å². The van der Waals surface area contributed by atoms with Gasteiger partial charge in [-0.05, 0) is 59.9 Å². The highest BCUT2D eigenvalue weighted by Crippen LogP contribution is 2.23. The van der Waals surface area contributed by atoms with Crippen LogP contribution in [0, 0.1) is 5.92 Å². The molecule has 5 heteroatoms. The maximum atomic E-state index is 10.6. The Kier molecular flexibility index (Phi) is 4.23. The van der Waals surface area contributed by atoms with Gasteiger partial charge in [0.1, 0.15) is 5.76 Å². The van der Waals surface area contributed by atoms with Crippen molar-refractivity contribution >= 4 is 21.9 Å². The van der Waals surface area contributed by atoms with Gasteiger partial charge in [-0.25, -0.2) is 0 Å². The third-order valence-electron chi connectivity index (χ3n) is 3.18. The summed E-state index contributed by atoms with van der Waals surface area (Å²) in [6.07, 6.45) is 2.24. The van der Waals surface area contributed by atoms with Crippen molar-refractivity contribution in [3.05, 3.63) is 22.6 Å². The van der Waals surface area contributed by atoms with Crippen LogP contribution >= 0.6 is 15.9 Å². The van der Waals surface area contributed by atoms with E-state index in [0.717, 1.165) is 42.9 Å². The van der Waals surface area contributed by atoms with Crippen LogP contribution in [0.15, 0.2) is 21.2 Å². The number of hydrogen-bond acceptors (Lipinski definition) is 3. The summed E-state index contributed by atoms with van der Waals surface area (Å²) in [6.45, 7) is 2.72. The number of carbonyl (C=O) groups is 1. The van der Waals surface area contributed by atoms with Crippen LogP contribution in [0.5, 0.6) is 0 Å². The average Bonchev–Trinajstić information content (AvgIpc) is 2.66. The van der Waals surface area contributed by atoms with E-state index in [9.17, 15) is 4.79 Å². The highest BCUT2D eigenvalue weighted by atomic mass is 79.9. The Balaban J connectivity index is 1.77. The molecule has 0 aromatic carbocycles. The fraction of sp³-hybridized carbons (Fsp3) is 0.583. The Bertz CT molecular complexity index is 383. The van der Waals surface area contributed by atoms with E-state index in [4.69, 9.17) is 9.52 Å². The molecule has 1 aliphatic heterocycles. The predicted octanol–water partition coefficient (Wildman–Crippen LogP) is 2.73. The van der Waals surface area contributed by atoms with E-state index < -0.39 is 5.97 Å². The molecule has 2 heterocycles. The number of halogens is 1. The zero-order valence-electron chi connectivity index (χ0n) is 9.56. The van der Waals surface area contributed by atoms with E-state index in [-0.39, 0.29) is 0 Å². The number of piperidine rings is 1. The summed E-state index contributed by atoms with van der Waals surface area (Å²) in [7, 11) is 0. The number of rotatable bonds is 4. The lowest BCUT2D eigenvalue weighted by molar-refractivity contribution is -0.138. The first-order chi connectivity index (χ1) is 8.13. The molecule has 0 spiro atoms. The standard InChI is InChI=1S/C12H16BrNO3/c13-11-2-1-10(17-11)8-14-5-3-9(4-6-14)7-12(15)16/h1-2,9H,3-8H2,(H,15,16). The number of carboxylic acids is 1. The number of carboxylic acid groups (broad SMARTS) is 1. The molecular weight excluding hydrogens is 286 g/mol. The quantitative estimate of drug-likeness (QED) is 0.929. The SMILES string of the molecule is O=C(O)CC1CCN(Cc2ccc(Br)o2)CC1. The Morgan fingerprint density at radius 1 is 1.47 bits per heavy atom. The molecule has 2 rings (SSSR count). The summed E-state index contributed by atoms with van der Waals surface area (Å²) >= 11 is 3.28. The summed E-state index contributed by atoms with van der Waals surface area (Å²) in [5.41, 5.74) is 0. The first kappa shape index (κ1) is 12.6. The van der Waals surface area contributed by atoms with Gasteiger partial charge < -0.3 is 9.52 Å². The Morgan fingerprint density at radius 3 is 2.71 bits per heavy atom. The van der Waals surface area contributed by atoms with E-state index in [2.05, 4.69) is 20.8 Å². The van der Waals surface area contributed by atoms with Crippen molar-refractivity contribution in [1.82, 2.24) is 4.90 Å². The average molecular weight is 302 g/mol. The highest BCUT2D eigenvalue weighted by molar-refractivity contribution is 9.10. The number of furan rings is 1. The van der Waals surface area contributed by atoms with Crippen molar-refractivity contribution in [3.63, 3.8) is 0 Å². The third kappa shape index (κ3) is 3.85. The molecule has 1 aliphatic rings. The second kappa shape index (κ2) is 5.69. The van der Waals surface area contributed by atoms with Gasteiger partial charge in [0.2, 0.25) is 0 Å². The van der Waals surface area contributed by atoms with Gasteiger partial charge in [-0.15, -0.1) is 0 Å². The second-order valence-corrected chi connectivity index (χ2v) is 5.30. The molecule has 1 aromatic heterocycles. The maximum absolute atomic E-state index is 10.6. The molecule has 0 amide bonds. The van der Waals surface area contributed by atoms with Gasteiger partial charge in [0.15, 0.2) is 4.67 Å². The van der Waals surface area contributed by atoms with Gasteiger partial charge in [0.05, 0.1) is 6.54 Å². The van der Waals surface area contributed by atoms with Crippen molar-refractivity contribution in [2.45, 2.75) is 25.8 Å². The fourth-order valence-corrected chi connectivity index (χ4v) is 2.59. The van der Waals surface area contributed by atoms with Crippen molar-refractivity contribution in [2.24, 2.45) is 5.92 Å². The highest BCUT2D eigenvalue weighted by Gasteiger charge is 2.21. The fourth-order valence-electron chi connectivity index (χ4n) is 2.25. The largest absolute Gasteiger partial charge is 0.481 e. The molecule has 4 nitrogen and oxygen atoms in total. The van der Waals surface area contributed by atoms with Crippen LogP contribution in [0.1, 0.15) is 25.0 Å². The molecule has 1 saturated heterocycles. The van der Waals surface area contributed by atoms with Crippen molar-refractivity contribution in [3.8, 4) is 0 Å². The zero-order valence-corrected chi connectivity index (χ0v) is 11.1. The number of hydrogen-bond donors (Lipinski definition) is 1. The van der Waals surface area contributed by atoms with Gasteiger partial charge in [0, 0.05) is 6.42 Å². The maximum Gasteiger partial charge on any atom is 0.303 e. The molecule has 0 radical (unpaired) electrons. The minimum Gasteiger partial charge on any atom is -0.481 e. The lowest BCUT2D eigenvalue weighted by Gasteiger charge is -2.30. The van der Waals surface area contributed by atoms with E-state index >= 15 is 0 Å². The van der Waals surface area contributed by atoms with Gasteiger partial charge in [-0.2, -0.15) is 0 Å². The lowest BCUT2D eigenvalue weighted by atomic mass is 9.93. The molecule has 1 aromatic rings. The molecule has 0 saturated carbocycles. The molecule has 0 unspecified atom stereocenters. The van der Waals surface area contributed by atoms with E-state index in [0.29, 0.717) is 12.3 Å². The normalized spacial score (nSPS) is 18.4. The summed E-state index contributed by atoms with van der Waals surface area (Å²) in [5.74, 6) is 0.610. The van der Waals surface area contributed by atoms with Crippen LogP contribution in [0.2, 0.25) is 0 Å². The molecule has 94 valence electrons. The zero-order chi connectivity index (χ0) is 12.3. The smallest absolute Gasteiger partial charge is 0.303 e. The number of aliphatic carboxylic acids is 1. The summed E-state index contributed by atoms with van der Waals surface area (Å²) in [6, 6.07) is 3.86. The molecule has 0 aliphatic carbocycles. The third-order valence-corrected chi connectivity index (χ3v) is 3.60. The Morgan fingerprint density at radius 2 is 2.18 bits per heavy atom. The minimum absolute atomic E-state index is 0.306. The van der Waals surface area contributed by atoms with Crippen LogP contribution in [0.4, 0.5) is 0 Å². The monoisotopic (exact) mass is 301 g/mol. The minimum atomic E-state index is -0.682. The van der Waals surface area contributed by atoms with Gasteiger partial charge in [0.25, 0.3) is 0 Å². The van der Waals surface area contributed by atoms with Crippen LogP contribution in [-0.2, 0) is 11.3 Å². The van der Waals surface area contributed by atoms with Crippen LogP contribution in [0.3, 0.4) is 0 Å². The summed E-state index contributed by atoms with van der Waals surface area (Å²) < 4.78 is 6.22. The topological polar surface area (TPSA) is 53.7 Å². The molecule has 17 heavy (non-hydrogen) atoms.